The van der Waals surface area contributed by atoms with Crippen molar-refractivity contribution in [1.82, 2.24) is 35.2 Å². The number of para-hydroxylation sites is 1. The van der Waals surface area contributed by atoms with Crippen LogP contribution < -0.4 is 4.74 Å². The Labute approximate surface area is 267 Å². The number of hydrogen-bond donors (Lipinski definition) is 2. The molecule has 5 aromatic rings. The largest absolute Gasteiger partial charge is 0.569 e. The molecule has 1 fully saturated rings. The second-order valence-corrected chi connectivity index (χ2v) is 10.6. The Morgan fingerprint density at radius 3 is 2.64 bits per heavy atom. The number of hydrazine groups is 1. The zero-order valence-electron chi connectivity index (χ0n) is 25.4. The number of carboxylic acids is 1. The summed E-state index contributed by atoms with van der Waals surface area (Å²) in [4.78, 5) is 34.3. The molecule has 0 saturated carbocycles. The summed E-state index contributed by atoms with van der Waals surface area (Å²) in [6.45, 7) is 2.09. The minimum Gasteiger partial charge on any atom is -0.569 e. The van der Waals surface area contributed by atoms with Crippen LogP contribution in [0.5, 0.6) is 6.01 Å². The van der Waals surface area contributed by atoms with Gasteiger partial charge in [-0.05, 0) is 65.4 Å². The summed E-state index contributed by atoms with van der Waals surface area (Å²) in [6.07, 6.45) is 1.66. The summed E-state index contributed by atoms with van der Waals surface area (Å²) in [5.41, 5.74) is 4.93. The van der Waals surface area contributed by atoms with Gasteiger partial charge in [0.15, 0.2) is 11.9 Å². The fourth-order valence-corrected chi connectivity index (χ4v) is 5.55. The maximum Gasteiger partial charge on any atom is 0.343 e. The lowest BCUT2D eigenvalue weighted by Crippen LogP contribution is -2.48. The molecule has 1 aliphatic rings. The third-order valence-electron chi connectivity index (χ3n) is 7.71. The third kappa shape index (κ3) is 6.66. The van der Waals surface area contributed by atoms with Crippen LogP contribution in [0.15, 0.2) is 72.0 Å². The molecule has 242 valence electrons. The van der Waals surface area contributed by atoms with Crippen LogP contribution in [0.2, 0.25) is 0 Å². The molecule has 0 radical (unpaired) electrons. The molecular weight excluding hydrogens is 610 g/mol. The number of aliphatic carboxylic acids is 1. The van der Waals surface area contributed by atoms with E-state index in [0.29, 0.717) is 55.3 Å². The van der Waals surface area contributed by atoms with Gasteiger partial charge in [-0.25, -0.2) is 14.7 Å². The van der Waals surface area contributed by atoms with Gasteiger partial charge in [-0.15, -0.1) is 10.1 Å². The molecular formula is C31H31N9O7. The average Bonchev–Trinajstić information content (AvgIpc) is 3.76. The van der Waals surface area contributed by atoms with Crippen LogP contribution >= 0.6 is 0 Å². The molecule has 1 aliphatic heterocycles. The van der Waals surface area contributed by atoms with E-state index in [4.69, 9.17) is 14.3 Å². The maximum atomic E-state index is 13.2. The van der Waals surface area contributed by atoms with Crippen LogP contribution in [0.1, 0.15) is 42.1 Å². The minimum absolute atomic E-state index is 0.0885. The molecule has 16 heteroatoms. The molecule has 0 spiro atoms. The van der Waals surface area contributed by atoms with Gasteiger partial charge in [0.25, 0.3) is 12.8 Å². The third-order valence-corrected chi connectivity index (χ3v) is 7.71. The first-order chi connectivity index (χ1) is 22.9. The van der Waals surface area contributed by atoms with Crippen LogP contribution in [0.3, 0.4) is 0 Å². The highest BCUT2D eigenvalue weighted by Gasteiger charge is 2.34. The Kier molecular flexibility index (Phi) is 9.17. The number of rotatable bonds is 12. The highest BCUT2D eigenvalue weighted by atomic mass is 16.8. The van der Waals surface area contributed by atoms with Crippen molar-refractivity contribution < 1.29 is 34.0 Å². The Morgan fingerprint density at radius 2 is 1.89 bits per heavy atom. The Hall–Kier alpha value is -6.06. The number of piperidine rings is 1. The fourth-order valence-electron chi connectivity index (χ4n) is 5.55. The second-order valence-electron chi connectivity index (χ2n) is 10.6. The number of aromatic nitrogens is 6. The van der Waals surface area contributed by atoms with E-state index in [1.165, 1.54) is 0 Å². The highest BCUT2D eigenvalue weighted by Crippen LogP contribution is 2.31. The van der Waals surface area contributed by atoms with Gasteiger partial charge < -0.3 is 24.6 Å². The number of H-pyrrole nitrogens is 1. The standard InChI is InChI=1S/C31H31N9O7/c1-2-45-31-32-25-11-7-10-24(30(43)46-19-47-37-40(44)39-17-6-5-12-26(39)29(41)42)27(25)38(31)18-20-13-15-21(16-14-20)22-8-3-4-9-23(22)28-33-35-36-34-28/h3-4,7-11,13-16,26H,2,5-6,12,17-19H2,1H3,(H,41,42)(H,33,34,35,36)/b40-37-. The number of nitrogens with zero attached hydrogens (tertiary/aromatic N) is 8. The van der Waals surface area contributed by atoms with Crippen LogP contribution in [0.4, 0.5) is 0 Å². The van der Waals surface area contributed by atoms with E-state index in [1.807, 2.05) is 55.5 Å². The van der Waals surface area contributed by atoms with Crippen LogP contribution in [0.25, 0.3) is 33.5 Å². The van der Waals surface area contributed by atoms with Crippen molar-refractivity contribution in [3.8, 4) is 28.5 Å². The second kappa shape index (κ2) is 13.9. The van der Waals surface area contributed by atoms with Gasteiger partial charge in [0.2, 0.25) is 5.28 Å². The lowest BCUT2D eigenvalue weighted by Gasteiger charge is -2.27. The molecule has 1 saturated heterocycles. The van der Waals surface area contributed by atoms with E-state index in [-0.39, 0.29) is 17.1 Å². The van der Waals surface area contributed by atoms with Gasteiger partial charge in [-0.2, -0.15) is 4.98 Å². The maximum absolute atomic E-state index is 13.2. The summed E-state index contributed by atoms with van der Waals surface area (Å²) >= 11 is 0. The van der Waals surface area contributed by atoms with Crippen LogP contribution in [0, 0.1) is 5.21 Å². The van der Waals surface area contributed by atoms with Crippen LogP contribution in [-0.4, -0.2) is 83.2 Å². The number of carbonyl (C=O) groups is 2. The monoisotopic (exact) mass is 641 g/mol. The van der Waals surface area contributed by atoms with Gasteiger partial charge >= 0.3 is 11.9 Å². The quantitative estimate of drug-likeness (QED) is 0.0493. The SMILES string of the molecule is CCOc1nc2cccc(C(=O)OCO/N=[N+](\[O-])N3CCCCC3C(=O)O)c2n1Cc1ccc(-c2ccccc2-c2nnn[nH]2)cc1. The lowest BCUT2D eigenvalue weighted by molar-refractivity contribution is -0.718. The van der Waals surface area contributed by atoms with Gasteiger partial charge in [-0.1, -0.05) is 54.6 Å². The molecule has 0 bridgehead atoms. The first kappa shape index (κ1) is 30.9. The van der Waals surface area contributed by atoms with Gasteiger partial charge in [-0.3, -0.25) is 4.57 Å². The number of nitrogens with one attached hydrogen (secondary N) is 1. The highest BCUT2D eigenvalue weighted by molar-refractivity contribution is 6.02. The zero-order chi connectivity index (χ0) is 32.8. The molecule has 3 heterocycles. The van der Waals surface area contributed by atoms with Crippen molar-refractivity contribution in [3.05, 3.63) is 83.1 Å². The van der Waals surface area contributed by atoms with Crippen molar-refractivity contribution in [2.75, 3.05) is 19.9 Å². The molecule has 0 amide bonds. The summed E-state index contributed by atoms with van der Waals surface area (Å²) in [6, 6.07) is 20.1. The Balaban J connectivity index is 1.20. The van der Waals surface area contributed by atoms with E-state index in [0.717, 1.165) is 27.3 Å². The van der Waals surface area contributed by atoms with Crippen molar-refractivity contribution in [1.29, 1.82) is 0 Å². The minimum atomic E-state index is -1.12. The normalized spacial score (nSPS) is 15.0. The number of esters is 1. The number of carboxylic acid groups (broad SMARTS) is 1. The van der Waals surface area contributed by atoms with Gasteiger partial charge in [0.05, 0.1) is 41.3 Å². The number of benzene rings is 3. The number of tetrazole rings is 1. The summed E-state index contributed by atoms with van der Waals surface area (Å²) in [5.74, 6) is -1.29. The number of ether oxygens (including phenoxy) is 2. The summed E-state index contributed by atoms with van der Waals surface area (Å²) < 4.78 is 12.9. The molecule has 0 aliphatic carbocycles. The molecule has 1 atom stereocenters. The van der Waals surface area contributed by atoms with Crippen molar-refractivity contribution in [2.24, 2.45) is 5.28 Å². The van der Waals surface area contributed by atoms with Gasteiger partial charge in [0, 0.05) is 5.56 Å². The Bertz CT molecular complexity index is 1890. The molecule has 6 rings (SSSR count). The van der Waals surface area contributed by atoms with E-state index < -0.39 is 24.8 Å². The predicted octanol–water partition coefficient (Wildman–Crippen LogP) is 4.19. The molecule has 47 heavy (non-hydrogen) atoms. The Morgan fingerprint density at radius 1 is 1.09 bits per heavy atom. The van der Waals surface area contributed by atoms with E-state index in [9.17, 15) is 19.9 Å². The molecule has 1 unspecified atom stereocenters. The summed E-state index contributed by atoms with van der Waals surface area (Å²) in [5, 5.41) is 40.4. The van der Waals surface area contributed by atoms with Crippen molar-refractivity contribution in [3.63, 3.8) is 0 Å². The first-order valence-electron chi connectivity index (χ1n) is 15.0. The number of hydrogen-bond acceptors (Lipinski definition) is 11. The lowest BCUT2D eigenvalue weighted by atomic mass is 9.98. The molecule has 16 nitrogen and oxygen atoms in total. The molecule has 2 N–H and O–H groups in total. The summed E-state index contributed by atoms with van der Waals surface area (Å²) in [7, 11) is 0. The fraction of sp³-hybridized carbons (Fsp3) is 0.290. The van der Waals surface area contributed by atoms with E-state index in [1.54, 1.807) is 22.8 Å². The zero-order valence-corrected chi connectivity index (χ0v) is 25.4. The predicted molar refractivity (Wildman–Crippen MR) is 164 cm³/mol. The first-order valence-corrected chi connectivity index (χ1v) is 15.0. The number of carbonyl (C=O) groups excluding carboxylic acids is 1. The van der Waals surface area contributed by atoms with E-state index >= 15 is 0 Å². The van der Waals surface area contributed by atoms with Gasteiger partial charge in [0.1, 0.15) is 0 Å². The number of imidazole rings is 1. The van der Waals surface area contributed by atoms with Crippen molar-refractivity contribution >= 4 is 23.0 Å². The topological polar surface area (TPSA) is 196 Å². The number of fused-ring (bicyclic) bond motifs is 1. The average molecular weight is 642 g/mol. The van der Waals surface area contributed by atoms with Crippen LogP contribution in [-0.2, 0) is 20.9 Å². The number of aromatic amines is 1. The smallest absolute Gasteiger partial charge is 0.343 e. The molecule has 2 aromatic heterocycles. The van der Waals surface area contributed by atoms with E-state index in [2.05, 4.69) is 30.9 Å². The van der Waals surface area contributed by atoms with Crippen molar-refractivity contribution in [2.45, 2.75) is 38.8 Å². The molecule has 3 aromatic carbocycles.